The fourth-order valence-electron chi connectivity index (χ4n) is 2.01. The summed E-state index contributed by atoms with van der Waals surface area (Å²) in [6.07, 6.45) is 0. The van der Waals surface area contributed by atoms with Crippen molar-refractivity contribution in [2.75, 3.05) is 7.11 Å². The molecule has 0 unspecified atom stereocenters. The van der Waals surface area contributed by atoms with Crippen LogP contribution in [0.2, 0.25) is 0 Å². The molecular weight excluding hydrogens is 303 g/mol. The minimum absolute atomic E-state index is 0.315. The lowest BCUT2D eigenvalue weighted by atomic mass is 9.92. The first-order valence-electron chi connectivity index (χ1n) is 5.78. The predicted molar refractivity (Wildman–Crippen MR) is 81.6 cm³/mol. The van der Waals surface area contributed by atoms with E-state index in [1.807, 2.05) is 54.6 Å². The minimum Gasteiger partial charge on any atom is -0.497 e. The molecule has 2 aromatic carbocycles. The Hall–Kier alpha value is -0.890. The van der Waals surface area contributed by atoms with Gasteiger partial charge in [0, 0.05) is 0 Å². The molecule has 0 saturated heterocycles. The van der Waals surface area contributed by atoms with E-state index in [1.165, 1.54) is 0 Å². The summed E-state index contributed by atoms with van der Waals surface area (Å²) in [4.78, 5) is 0. The summed E-state index contributed by atoms with van der Waals surface area (Å²) < 4.78 is 3.73. The van der Waals surface area contributed by atoms with Crippen molar-refractivity contribution in [2.24, 2.45) is 0 Å². The van der Waals surface area contributed by atoms with Crippen LogP contribution in [0.25, 0.3) is 0 Å². The topological polar surface area (TPSA) is 9.23 Å². The Labute approximate surface area is 128 Å². The van der Waals surface area contributed by atoms with Gasteiger partial charge in [-0.25, -0.2) is 0 Å². The Bertz CT molecular complexity index is 517. The van der Waals surface area contributed by atoms with Crippen molar-refractivity contribution >= 4 is 34.8 Å². The lowest BCUT2D eigenvalue weighted by Gasteiger charge is -2.25. The van der Waals surface area contributed by atoms with Crippen LogP contribution in [-0.2, 0) is 0 Å². The zero-order valence-electron chi connectivity index (χ0n) is 10.3. The maximum Gasteiger partial charge on any atom is 0.201 e. The van der Waals surface area contributed by atoms with Crippen LogP contribution in [0.15, 0.2) is 54.6 Å². The van der Waals surface area contributed by atoms with Crippen molar-refractivity contribution in [3.8, 4) is 5.75 Å². The van der Waals surface area contributed by atoms with Crippen molar-refractivity contribution in [2.45, 2.75) is 9.71 Å². The van der Waals surface area contributed by atoms with Gasteiger partial charge in [-0.2, -0.15) is 0 Å². The Morgan fingerprint density at radius 3 is 1.84 bits per heavy atom. The smallest absolute Gasteiger partial charge is 0.201 e. The number of benzene rings is 2. The highest BCUT2D eigenvalue weighted by atomic mass is 35.6. The zero-order chi connectivity index (χ0) is 13.9. The van der Waals surface area contributed by atoms with Crippen molar-refractivity contribution in [3.05, 3.63) is 65.7 Å². The molecule has 0 spiro atoms. The van der Waals surface area contributed by atoms with Gasteiger partial charge in [0.05, 0.1) is 13.0 Å². The number of methoxy groups -OCH3 is 1. The first kappa shape index (κ1) is 14.5. The molecule has 0 aromatic heterocycles. The van der Waals surface area contributed by atoms with E-state index in [4.69, 9.17) is 39.5 Å². The van der Waals surface area contributed by atoms with E-state index < -0.39 is 3.79 Å². The van der Waals surface area contributed by atoms with Crippen molar-refractivity contribution in [1.29, 1.82) is 0 Å². The van der Waals surface area contributed by atoms with E-state index in [0.29, 0.717) is 0 Å². The van der Waals surface area contributed by atoms with Crippen molar-refractivity contribution < 1.29 is 4.74 Å². The van der Waals surface area contributed by atoms with E-state index in [2.05, 4.69) is 0 Å². The second-order valence-electron chi connectivity index (χ2n) is 4.16. The van der Waals surface area contributed by atoms with Crippen LogP contribution in [0.3, 0.4) is 0 Å². The highest BCUT2D eigenvalue weighted by Gasteiger charge is 2.35. The van der Waals surface area contributed by atoms with Gasteiger partial charge in [0.25, 0.3) is 0 Å². The van der Waals surface area contributed by atoms with Crippen LogP contribution in [0, 0.1) is 0 Å². The van der Waals surface area contributed by atoms with E-state index in [1.54, 1.807) is 7.11 Å². The molecule has 0 aliphatic heterocycles. The van der Waals surface area contributed by atoms with Crippen LogP contribution < -0.4 is 4.74 Å². The molecule has 0 aliphatic carbocycles. The standard InChI is InChI=1S/C15H13Cl3O/c1-19-13-9-7-12(8-10-13)14(15(16,17)18)11-5-3-2-4-6-11/h2-10,14H,1H3/t14-/m0/s1. The van der Waals surface area contributed by atoms with E-state index in [9.17, 15) is 0 Å². The lowest BCUT2D eigenvalue weighted by Crippen LogP contribution is -2.18. The van der Waals surface area contributed by atoms with Gasteiger partial charge >= 0.3 is 0 Å². The number of rotatable bonds is 3. The highest BCUT2D eigenvalue weighted by Crippen LogP contribution is 2.45. The Kier molecular flexibility index (Phi) is 4.62. The third-order valence-corrected chi connectivity index (χ3v) is 3.56. The van der Waals surface area contributed by atoms with E-state index in [0.717, 1.165) is 16.9 Å². The molecule has 0 radical (unpaired) electrons. The van der Waals surface area contributed by atoms with Crippen LogP contribution in [0.4, 0.5) is 0 Å². The average molecular weight is 316 g/mol. The lowest BCUT2D eigenvalue weighted by molar-refractivity contribution is 0.414. The van der Waals surface area contributed by atoms with Gasteiger partial charge in [-0.15, -0.1) is 0 Å². The molecule has 0 amide bonds. The molecule has 4 heteroatoms. The van der Waals surface area contributed by atoms with Gasteiger partial charge in [-0.05, 0) is 23.3 Å². The van der Waals surface area contributed by atoms with Crippen molar-refractivity contribution in [1.82, 2.24) is 0 Å². The SMILES string of the molecule is COc1ccc([C@H](c2ccccc2)C(Cl)(Cl)Cl)cc1. The second kappa shape index (κ2) is 6.04. The molecule has 0 fully saturated rings. The number of alkyl halides is 3. The Balaban J connectivity index is 2.43. The molecule has 1 atom stereocenters. The monoisotopic (exact) mass is 314 g/mol. The summed E-state index contributed by atoms with van der Waals surface area (Å²) in [5.41, 5.74) is 1.90. The molecule has 0 heterocycles. The van der Waals surface area contributed by atoms with E-state index in [-0.39, 0.29) is 5.92 Å². The fraction of sp³-hybridized carbons (Fsp3) is 0.200. The summed E-state index contributed by atoms with van der Waals surface area (Å²) in [7, 11) is 1.62. The Morgan fingerprint density at radius 1 is 0.842 bits per heavy atom. The minimum atomic E-state index is -1.41. The average Bonchev–Trinajstić information content (AvgIpc) is 2.39. The van der Waals surface area contributed by atoms with Gasteiger partial charge in [0.2, 0.25) is 3.79 Å². The summed E-state index contributed by atoms with van der Waals surface area (Å²) in [6, 6.07) is 17.3. The molecule has 2 aromatic rings. The summed E-state index contributed by atoms with van der Waals surface area (Å²) in [5.74, 6) is 0.462. The number of ether oxygens (including phenoxy) is 1. The maximum absolute atomic E-state index is 6.14. The van der Waals surface area contributed by atoms with Gasteiger partial charge in [0.1, 0.15) is 5.75 Å². The van der Waals surface area contributed by atoms with Crippen LogP contribution in [0.5, 0.6) is 5.75 Å². The van der Waals surface area contributed by atoms with Crippen LogP contribution in [-0.4, -0.2) is 10.9 Å². The molecule has 0 N–H and O–H groups in total. The first-order valence-corrected chi connectivity index (χ1v) is 6.91. The number of halogens is 3. The normalized spacial score (nSPS) is 13.1. The summed E-state index contributed by atoms with van der Waals surface area (Å²) >= 11 is 18.4. The molecule has 100 valence electrons. The van der Waals surface area contributed by atoms with Crippen LogP contribution >= 0.6 is 34.8 Å². The van der Waals surface area contributed by atoms with E-state index >= 15 is 0 Å². The molecular formula is C15H13Cl3O. The van der Waals surface area contributed by atoms with Gasteiger partial charge in [-0.1, -0.05) is 77.3 Å². The summed E-state index contributed by atoms with van der Waals surface area (Å²) in [6.45, 7) is 0. The maximum atomic E-state index is 6.14. The molecule has 0 aliphatic rings. The van der Waals surface area contributed by atoms with Crippen LogP contribution in [0.1, 0.15) is 17.0 Å². The zero-order valence-corrected chi connectivity index (χ0v) is 12.6. The van der Waals surface area contributed by atoms with Gasteiger partial charge < -0.3 is 4.74 Å². The number of hydrogen-bond donors (Lipinski definition) is 0. The molecule has 1 nitrogen and oxygen atoms in total. The second-order valence-corrected chi connectivity index (χ2v) is 6.53. The molecule has 2 rings (SSSR count). The molecule has 0 saturated carbocycles. The third-order valence-electron chi connectivity index (χ3n) is 2.91. The predicted octanol–water partition coefficient (Wildman–Crippen LogP) is 5.20. The Morgan fingerprint density at radius 2 is 1.37 bits per heavy atom. The largest absolute Gasteiger partial charge is 0.497 e. The molecule has 0 bridgehead atoms. The fourth-order valence-corrected chi connectivity index (χ4v) is 2.77. The quantitative estimate of drug-likeness (QED) is 0.708. The number of hydrogen-bond acceptors (Lipinski definition) is 1. The molecule has 19 heavy (non-hydrogen) atoms. The first-order chi connectivity index (χ1) is 9.02. The van der Waals surface area contributed by atoms with Gasteiger partial charge in [-0.3, -0.25) is 0 Å². The highest BCUT2D eigenvalue weighted by molar-refractivity contribution is 6.68. The van der Waals surface area contributed by atoms with Crippen molar-refractivity contribution in [3.63, 3.8) is 0 Å². The third kappa shape index (κ3) is 3.56. The summed E-state index contributed by atoms with van der Waals surface area (Å²) in [5, 5.41) is 0. The van der Waals surface area contributed by atoms with Gasteiger partial charge in [0.15, 0.2) is 0 Å².